The number of rotatable bonds is 2. The molecule has 1 aromatic rings. The van der Waals surface area contributed by atoms with Crippen LogP contribution < -0.4 is 0 Å². The van der Waals surface area contributed by atoms with E-state index in [1.165, 1.54) is 18.6 Å². The van der Waals surface area contributed by atoms with Crippen LogP contribution in [-0.4, -0.2) is 5.97 Å². The number of esters is 1. The van der Waals surface area contributed by atoms with Gasteiger partial charge in [0.1, 0.15) is 0 Å². The lowest BCUT2D eigenvalue weighted by Crippen LogP contribution is -1.87. The molecular formula is C17H21NO2. The fourth-order valence-corrected chi connectivity index (χ4v) is 0.706. The molecule has 0 aliphatic heterocycles. The Bertz CT molecular complexity index is 416. The van der Waals surface area contributed by atoms with Gasteiger partial charge in [-0.05, 0) is 5.56 Å². The number of hydrogen-bond donors (Lipinski definition) is 0. The zero-order chi connectivity index (χ0) is 16.2. The Morgan fingerprint density at radius 2 is 1.65 bits per heavy atom. The van der Waals surface area contributed by atoms with Crippen LogP contribution >= 0.6 is 0 Å². The summed E-state index contributed by atoms with van der Waals surface area (Å²) in [6.07, 6.45) is 4.11. The van der Waals surface area contributed by atoms with E-state index in [0.717, 1.165) is 6.26 Å². The zero-order valence-electron chi connectivity index (χ0n) is 11.9. The van der Waals surface area contributed by atoms with Crippen LogP contribution in [-0.2, 0) is 9.53 Å². The predicted molar refractivity (Wildman–Crippen MR) is 85.6 cm³/mol. The van der Waals surface area contributed by atoms with Crippen molar-refractivity contribution in [2.75, 3.05) is 0 Å². The molecule has 0 aliphatic carbocycles. The highest BCUT2D eigenvalue weighted by atomic mass is 16.5. The first-order chi connectivity index (χ1) is 9.62. The first kappa shape index (κ1) is 22.3. The Labute approximate surface area is 121 Å². The van der Waals surface area contributed by atoms with E-state index in [0.29, 0.717) is 0 Å². The minimum atomic E-state index is -0.329. The fraction of sp³-hybridized carbons (Fsp3) is 0.0588. The van der Waals surface area contributed by atoms with Crippen molar-refractivity contribution in [2.45, 2.75) is 6.92 Å². The SMILES string of the molecule is C=C.C=CC#N.C=COC(C)=O.C=Cc1ccccc1. The van der Waals surface area contributed by atoms with Crippen LogP contribution in [0.2, 0.25) is 0 Å². The molecule has 106 valence electrons. The first-order valence-electron chi connectivity index (χ1n) is 5.58. The van der Waals surface area contributed by atoms with Crippen LogP contribution in [0.3, 0.4) is 0 Å². The van der Waals surface area contributed by atoms with Gasteiger partial charge < -0.3 is 4.74 Å². The molecule has 0 bridgehead atoms. The lowest BCUT2D eigenvalue weighted by Gasteiger charge is -1.85. The fourth-order valence-electron chi connectivity index (χ4n) is 0.706. The second-order valence-electron chi connectivity index (χ2n) is 2.72. The minimum Gasteiger partial charge on any atom is -0.435 e. The lowest BCUT2D eigenvalue weighted by molar-refractivity contribution is -0.135. The lowest BCUT2D eigenvalue weighted by atomic mass is 10.2. The van der Waals surface area contributed by atoms with Gasteiger partial charge in [0.15, 0.2) is 0 Å². The molecule has 0 N–H and O–H groups in total. The van der Waals surface area contributed by atoms with Gasteiger partial charge in [0.25, 0.3) is 0 Å². The summed E-state index contributed by atoms with van der Waals surface area (Å²) in [7, 11) is 0. The number of carbonyl (C=O) groups is 1. The van der Waals surface area contributed by atoms with E-state index >= 15 is 0 Å². The number of hydrogen-bond acceptors (Lipinski definition) is 3. The highest BCUT2D eigenvalue weighted by Gasteiger charge is 1.79. The zero-order valence-corrected chi connectivity index (χ0v) is 11.9. The monoisotopic (exact) mass is 271 g/mol. The normalized spacial score (nSPS) is 6.40. The maximum Gasteiger partial charge on any atom is 0.307 e. The third-order valence-corrected chi connectivity index (χ3v) is 1.38. The second-order valence-corrected chi connectivity index (χ2v) is 2.72. The molecule has 0 spiro atoms. The quantitative estimate of drug-likeness (QED) is 0.344. The van der Waals surface area contributed by atoms with Gasteiger partial charge in [-0.3, -0.25) is 4.79 Å². The molecule has 3 heteroatoms. The molecule has 0 aliphatic rings. The Morgan fingerprint density at radius 1 is 1.20 bits per heavy atom. The number of carbonyl (C=O) groups excluding carboxylic acids is 1. The van der Waals surface area contributed by atoms with Crippen LogP contribution in [0.1, 0.15) is 12.5 Å². The maximum atomic E-state index is 9.75. The van der Waals surface area contributed by atoms with Gasteiger partial charge in [0.2, 0.25) is 0 Å². The van der Waals surface area contributed by atoms with Crippen molar-refractivity contribution < 1.29 is 9.53 Å². The van der Waals surface area contributed by atoms with Crippen molar-refractivity contribution in [1.29, 1.82) is 5.26 Å². The molecule has 0 heterocycles. The molecular weight excluding hydrogens is 250 g/mol. The highest BCUT2D eigenvalue weighted by Crippen LogP contribution is 1.97. The average molecular weight is 271 g/mol. The molecule has 1 aromatic carbocycles. The smallest absolute Gasteiger partial charge is 0.307 e. The van der Waals surface area contributed by atoms with Gasteiger partial charge >= 0.3 is 5.97 Å². The van der Waals surface area contributed by atoms with Crippen molar-refractivity contribution in [3.05, 3.63) is 81.1 Å². The van der Waals surface area contributed by atoms with Crippen molar-refractivity contribution >= 4 is 12.0 Å². The van der Waals surface area contributed by atoms with Crippen LogP contribution in [0, 0.1) is 11.3 Å². The molecule has 20 heavy (non-hydrogen) atoms. The molecule has 0 fully saturated rings. The van der Waals surface area contributed by atoms with Gasteiger partial charge in [0.05, 0.1) is 12.3 Å². The minimum absolute atomic E-state index is 0.329. The van der Waals surface area contributed by atoms with E-state index in [2.05, 4.69) is 37.6 Å². The van der Waals surface area contributed by atoms with E-state index in [9.17, 15) is 4.79 Å². The average Bonchev–Trinajstić information content (AvgIpc) is 2.51. The van der Waals surface area contributed by atoms with Crippen molar-refractivity contribution in [1.82, 2.24) is 0 Å². The van der Waals surface area contributed by atoms with Crippen LogP contribution in [0.25, 0.3) is 6.08 Å². The molecule has 0 radical (unpaired) electrons. The van der Waals surface area contributed by atoms with Gasteiger partial charge in [0, 0.05) is 13.0 Å². The standard InChI is InChI=1S/C8H8.C4H6O2.C3H3N.C2H4/c1-2-8-6-4-3-5-7-8;1-3-6-4(2)5;1-2-3-4;1-2/h2-7H,1H2;3H,1H2,2H3;2H,1H2;1-2H2. The van der Waals surface area contributed by atoms with E-state index in [1.807, 2.05) is 36.4 Å². The number of nitrogens with zero attached hydrogens (tertiary/aromatic N) is 1. The summed E-state index contributed by atoms with van der Waals surface area (Å²) < 4.78 is 4.17. The molecule has 3 nitrogen and oxygen atoms in total. The van der Waals surface area contributed by atoms with E-state index < -0.39 is 0 Å². The molecule has 0 saturated carbocycles. The largest absolute Gasteiger partial charge is 0.435 e. The highest BCUT2D eigenvalue weighted by molar-refractivity contribution is 5.66. The summed E-state index contributed by atoms with van der Waals surface area (Å²) >= 11 is 0. The Morgan fingerprint density at radius 3 is 1.80 bits per heavy atom. The molecule has 0 saturated heterocycles. The molecule has 0 amide bonds. The maximum absolute atomic E-state index is 9.75. The topological polar surface area (TPSA) is 50.1 Å². The number of ether oxygens (including phenoxy) is 1. The van der Waals surface area contributed by atoms with E-state index in [-0.39, 0.29) is 5.97 Å². The Hall–Kier alpha value is -2.86. The van der Waals surface area contributed by atoms with Crippen molar-refractivity contribution in [3.63, 3.8) is 0 Å². The second kappa shape index (κ2) is 21.4. The molecule has 0 unspecified atom stereocenters. The summed E-state index contributed by atoms with van der Waals surface area (Å²) in [4.78, 5) is 9.75. The van der Waals surface area contributed by atoms with E-state index in [4.69, 9.17) is 5.26 Å². The predicted octanol–water partition coefficient (Wildman–Crippen LogP) is 4.52. The van der Waals surface area contributed by atoms with Gasteiger partial charge in [-0.25, -0.2) is 0 Å². The Kier molecular flexibility index (Phi) is 23.9. The third kappa shape index (κ3) is 24.4. The van der Waals surface area contributed by atoms with Crippen molar-refractivity contribution in [3.8, 4) is 6.07 Å². The van der Waals surface area contributed by atoms with Crippen LogP contribution in [0.5, 0.6) is 0 Å². The summed E-state index contributed by atoms with van der Waals surface area (Å²) in [5.41, 5.74) is 1.17. The molecule has 0 atom stereocenters. The first-order valence-corrected chi connectivity index (χ1v) is 5.58. The van der Waals surface area contributed by atoms with Crippen LogP contribution in [0.4, 0.5) is 0 Å². The Balaban J connectivity index is -0.000000215. The van der Waals surface area contributed by atoms with Gasteiger partial charge in [-0.15, -0.1) is 13.2 Å². The van der Waals surface area contributed by atoms with Gasteiger partial charge in [-0.2, -0.15) is 5.26 Å². The summed E-state index contributed by atoms with van der Waals surface area (Å²) in [5.74, 6) is -0.329. The molecule has 1 rings (SSSR count). The number of benzene rings is 1. The number of nitriles is 1. The van der Waals surface area contributed by atoms with Crippen LogP contribution in [0.15, 0.2) is 75.6 Å². The summed E-state index contributed by atoms with van der Waals surface area (Å²) in [5, 5.41) is 7.51. The third-order valence-electron chi connectivity index (χ3n) is 1.38. The van der Waals surface area contributed by atoms with Gasteiger partial charge in [-0.1, -0.05) is 56.1 Å². The van der Waals surface area contributed by atoms with E-state index in [1.54, 1.807) is 6.07 Å². The summed E-state index contributed by atoms with van der Waals surface area (Å²) in [6, 6.07) is 11.7. The number of allylic oxidation sites excluding steroid dienone is 1. The molecule has 0 aromatic heterocycles. The summed E-state index contributed by atoms with van der Waals surface area (Å²) in [6.45, 7) is 17.2. The van der Waals surface area contributed by atoms with Crippen molar-refractivity contribution in [2.24, 2.45) is 0 Å².